The third-order valence-electron chi connectivity index (χ3n) is 5.72. The topological polar surface area (TPSA) is 92.5 Å². The molecule has 6 nitrogen and oxygen atoms in total. The van der Waals surface area contributed by atoms with Crippen LogP contribution in [-0.2, 0) is 14.4 Å². The number of hydrogen-bond acceptors (Lipinski definition) is 4. The Balaban J connectivity index is 1.81. The summed E-state index contributed by atoms with van der Waals surface area (Å²) in [5, 5.41) is 2.84. The van der Waals surface area contributed by atoms with Crippen molar-refractivity contribution in [3.63, 3.8) is 0 Å². The van der Waals surface area contributed by atoms with E-state index in [4.69, 9.17) is 5.73 Å². The van der Waals surface area contributed by atoms with Gasteiger partial charge in [-0.25, -0.2) is 0 Å². The molecule has 0 aromatic heterocycles. The number of unbranched alkanes of at least 4 members (excludes halogenated alkanes) is 2. The quantitative estimate of drug-likeness (QED) is 0.580. The van der Waals surface area contributed by atoms with Crippen molar-refractivity contribution in [1.82, 2.24) is 10.2 Å². The molecule has 2 atom stereocenters. The molecule has 6 heteroatoms. The highest BCUT2D eigenvalue weighted by Gasteiger charge is 2.34. The minimum atomic E-state index is -0.548. The largest absolute Gasteiger partial charge is 0.344 e. The second-order valence-corrected chi connectivity index (χ2v) is 7.76. The van der Waals surface area contributed by atoms with E-state index >= 15 is 0 Å². The van der Waals surface area contributed by atoms with Crippen LogP contribution in [-0.4, -0.2) is 48.2 Å². The molecule has 26 heavy (non-hydrogen) atoms. The predicted octanol–water partition coefficient (Wildman–Crippen LogP) is 2.06. The number of carbonyl (C=O) groups excluding carboxylic acids is 3. The van der Waals surface area contributed by atoms with Gasteiger partial charge in [0.05, 0.1) is 6.04 Å². The normalized spacial score (nSPS) is 22.2. The highest BCUT2D eigenvalue weighted by molar-refractivity contribution is 5.89. The summed E-state index contributed by atoms with van der Waals surface area (Å²) in [5.41, 5.74) is 5.48. The van der Waals surface area contributed by atoms with Gasteiger partial charge in [-0.2, -0.15) is 0 Å². The first kappa shape index (κ1) is 20.9. The van der Waals surface area contributed by atoms with E-state index < -0.39 is 12.1 Å². The zero-order chi connectivity index (χ0) is 18.8. The molecular weight excluding hydrogens is 330 g/mol. The maximum Gasteiger partial charge on any atom is 0.243 e. The summed E-state index contributed by atoms with van der Waals surface area (Å²) in [6.45, 7) is 1.28. The SMILES string of the molecule is NCCCCCC(=O)N1CCC[C@H]1C(=O)N[C@H]([C]=O)CC1CCCCC1. The molecule has 1 radical (unpaired) electrons. The van der Waals surface area contributed by atoms with Crippen molar-refractivity contribution in [3.8, 4) is 0 Å². The van der Waals surface area contributed by atoms with Gasteiger partial charge in [0.1, 0.15) is 6.04 Å². The molecule has 1 aliphatic heterocycles. The van der Waals surface area contributed by atoms with Crippen LogP contribution in [0.2, 0.25) is 0 Å². The summed E-state index contributed by atoms with van der Waals surface area (Å²) in [7, 11) is 0. The van der Waals surface area contributed by atoms with E-state index in [9.17, 15) is 14.4 Å². The van der Waals surface area contributed by atoms with Gasteiger partial charge in [0.25, 0.3) is 0 Å². The molecule has 1 saturated heterocycles. The lowest BCUT2D eigenvalue weighted by Crippen LogP contribution is -2.49. The number of rotatable bonds is 10. The molecule has 1 heterocycles. The number of amides is 2. The van der Waals surface area contributed by atoms with Gasteiger partial charge in [-0.15, -0.1) is 0 Å². The summed E-state index contributed by atoms with van der Waals surface area (Å²) in [5.74, 6) is 0.347. The van der Waals surface area contributed by atoms with Crippen LogP contribution in [0.25, 0.3) is 0 Å². The summed E-state index contributed by atoms with van der Waals surface area (Å²) in [4.78, 5) is 38.1. The average Bonchev–Trinajstić information content (AvgIpc) is 3.15. The standard InChI is InChI=1S/C20H34N3O3/c21-12-6-2-5-11-19(25)23-13-7-10-18(23)20(26)22-17(15-24)14-16-8-3-1-4-9-16/h16-18H,1-14,21H2,(H,22,26)/t17-,18-/m0/s1. The number of carbonyl (C=O) groups is 2. The molecule has 147 valence electrons. The fourth-order valence-corrected chi connectivity index (χ4v) is 4.24. The van der Waals surface area contributed by atoms with Crippen molar-refractivity contribution in [2.45, 2.75) is 89.1 Å². The minimum absolute atomic E-state index is 0.0404. The molecule has 2 amide bonds. The van der Waals surface area contributed by atoms with Crippen molar-refractivity contribution in [2.75, 3.05) is 13.1 Å². The van der Waals surface area contributed by atoms with Crippen molar-refractivity contribution in [3.05, 3.63) is 0 Å². The number of nitrogens with two attached hydrogens (primary N) is 1. The molecule has 2 fully saturated rings. The fraction of sp³-hybridized carbons (Fsp3) is 0.850. The van der Waals surface area contributed by atoms with Crippen molar-refractivity contribution in [2.24, 2.45) is 11.7 Å². The van der Waals surface area contributed by atoms with Crippen molar-refractivity contribution < 1.29 is 14.4 Å². The maximum absolute atomic E-state index is 12.6. The van der Waals surface area contributed by atoms with Crippen molar-refractivity contribution in [1.29, 1.82) is 0 Å². The van der Waals surface area contributed by atoms with Crippen molar-refractivity contribution >= 4 is 18.1 Å². The zero-order valence-corrected chi connectivity index (χ0v) is 15.9. The summed E-state index contributed by atoms with van der Waals surface area (Å²) >= 11 is 0. The fourth-order valence-electron chi connectivity index (χ4n) is 4.24. The monoisotopic (exact) mass is 364 g/mol. The molecule has 2 rings (SSSR count). The van der Waals surface area contributed by atoms with E-state index in [-0.39, 0.29) is 11.8 Å². The van der Waals surface area contributed by atoms with E-state index in [1.807, 2.05) is 6.29 Å². The average molecular weight is 365 g/mol. The molecule has 1 saturated carbocycles. The third-order valence-corrected chi connectivity index (χ3v) is 5.72. The van der Waals surface area contributed by atoms with Crippen LogP contribution in [0, 0.1) is 5.92 Å². The Morgan fingerprint density at radius 1 is 1.08 bits per heavy atom. The van der Waals surface area contributed by atoms with Gasteiger partial charge in [0.15, 0.2) is 0 Å². The smallest absolute Gasteiger partial charge is 0.243 e. The molecule has 0 aromatic carbocycles. The van der Waals surface area contributed by atoms with Gasteiger partial charge in [0.2, 0.25) is 18.1 Å². The van der Waals surface area contributed by atoms with E-state index in [0.717, 1.165) is 38.5 Å². The molecular formula is C20H34N3O3. The number of nitrogens with zero attached hydrogens (tertiary/aromatic N) is 1. The summed E-state index contributed by atoms with van der Waals surface area (Å²) in [6.07, 6.45) is 13.3. The van der Waals surface area contributed by atoms with Crippen LogP contribution in [0.1, 0.15) is 77.0 Å². The Bertz CT molecular complexity index is 463. The van der Waals surface area contributed by atoms with E-state index in [0.29, 0.717) is 38.3 Å². The maximum atomic E-state index is 12.6. The Morgan fingerprint density at radius 2 is 1.85 bits per heavy atom. The predicted molar refractivity (Wildman–Crippen MR) is 101 cm³/mol. The van der Waals surface area contributed by atoms with Crippen LogP contribution in [0.5, 0.6) is 0 Å². The molecule has 3 N–H and O–H groups in total. The second kappa shape index (κ2) is 11.3. The van der Waals surface area contributed by atoms with Crippen LogP contribution >= 0.6 is 0 Å². The third kappa shape index (κ3) is 6.38. The number of likely N-dealkylation sites (tertiary alicyclic amines) is 1. The first-order chi connectivity index (χ1) is 12.7. The Hall–Kier alpha value is -1.43. The highest BCUT2D eigenvalue weighted by atomic mass is 16.2. The zero-order valence-electron chi connectivity index (χ0n) is 15.9. The first-order valence-corrected chi connectivity index (χ1v) is 10.3. The van der Waals surface area contributed by atoms with Gasteiger partial charge in [-0.1, -0.05) is 38.5 Å². The van der Waals surface area contributed by atoms with Gasteiger partial charge in [-0.3, -0.25) is 14.4 Å². The minimum Gasteiger partial charge on any atom is -0.344 e. The lowest BCUT2D eigenvalue weighted by Gasteiger charge is -2.27. The molecule has 0 spiro atoms. The number of hydrogen-bond donors (Lipinski definition) is 2. The van der Waals surface area contributed by atoms with Crippen LogP contribution in [0.15, 0.2) is 0 Å². The van der Waals surface area contributed by atoms with Crippen LogP contribution in [0.3, 0.4) is 0 Å². The number of nitrogens with one attached hydrogen (secondary N) is 1. The van der Waals surface area contributed by atoms with Gasteiger partial charge >= 0.3 is 0 Å². The molecule has 0 bridgehead atoms. The molecule has 1 aliphatic carbocycles. The Labute approximate surface area is 157 Å². The summed E-state index contributed by atoms with van der Waals surface area (Å²) < 4.78 is 0. The van der Waals surface area contributed by atoms with Crippen LogP contribution < -0.4 is 11.1 Å². The van der Waals surface area contributed by atoms with E-state index in [1.165, 1.54) is 19.3 Å². The lowest BCUT2D eigenvalue weighted by molar-refractivity contribution is -0.138. The van der Waals surface area contributed by atoms with Gasteiger partial charge in [0, 0.05) is 13.0 Å². The Kier molecular flexibility index (Phi) is 9.09. The Morgan fingerprint density at radius 3 is 2.54 bits per heavy atom. The first-order valence-electron chi connectivity index (χ1n) is 10.3. The van der Waals surface area contributed by atoms with Crippen LogP contribution in [0.4, 0.5) is 0 Å². The highest BCUT2D eigenvalue weighted by Crippen LogP contribution is 2.27. The molecule has 0 aromatic rings. The summed E-state index contributed by atoms with van der Waals surface area (Å²) in [6, 6.07) is -0.980. The van der Waals surface area contributed by atoms with E-state index in [2.05, 4.69) is 5.32 Å². The van der Waals surface area contributed by atoms with Gasteiger partial charge < -0.3 is 16.0 Å². The lowest BCUT2D eigenvalue weighted by atomic mass is 9.85. The second-order valence-electron chi connectivity index (χ2n) is 7.76. The van der Waals surface area contributed by atoms with Gasteiger partial charge in [-0.05, 0) is 44.6 Å². The molecule has 0 unspecified atom stereocenters. The van der Waals surface area contributed by atoms with E-state index in [1.54, 1.807) is 4.90 Å². The molecule has 2 aliphatic rings.